The summed E-state index contributed by atoms with van der Waals surface area (Å²) in [6.45, 7) is 4.78. The van der Waals surface area contributed by atoms with E-state index < -0.39 is 5.60 Å². The third-order valence-corrected chi connectivity index (χ3v) is 7.38. The molecule has 4 rings (SSSR count). The maximum Gasteiger partial charge on any atom is 0.233 e. The smallest absolute Gasteiger partial charge is 0.233 e. The van der Waals surface area contributed by atoms with Gasteiger partial charge in [0.15, 0.2) is 0 Å². The first kappa shape index (κ1) is 18.9. The maximum atomic E-state index is 13.3. The lowest BCUT2D eigenvalue weighted by atomic mass is 9.64. The summed E-state index contributed by atoms with van der Waals surface area (Å²) >= 11 is 1.78. The third kappa shape index (κ3) is 3.52. The number of benzene rings is 1. The van der Waals surface area contributed by atoms with Crippen LogP contribution in [0, 0.1) is 11.3 Å². The van der Waals surface area contributed by atoms with Gasteiger partial charge in [-0.2, -0.15) is 0 Å². The number of amides is 1. The quantitative estimate of drug-likeness (QED) is 0.833. The largest absolute Gasteiger partial charge is 0.491 e. The molecule has 1 saturated heterocycles. The lowest BCUT2D eigenvalue weighted by molar-refractivity contribution is -0.131. The van der Waals surface area contributed by atoms with Crippen molar-refractivity contribution in [1.82, 2.24) is 0 Å². The topological polar surface area (TPSA) is 49.8 Å². The molecule has 1 atom stereocenters. The van der Waals surface area contributed by atoms with Crippen molar-refractivity contribution in [3.05, 3.63) is 35.7 Å². The van der Waals surface area contributed by atoms with Crippen LogP contribution in [0.5, 0.6) is 5.75 Å². The Morgan fingerprint density at radius 1 is 1.15 bits per heavy atom. The molecule has 5 heteroatoms. The number of aliphatic hydroxyl groups is 1. The molecule has 146 valence electrons. The van der Waals surface area contributed by atoms with Crippen molar-refractivity contribution >= 4 is 23.4 Å². The second kappa shape index (κ2) is 7.17. The molecule has 1 saturated carbocycles. The number of ether oxygens (including phenoxy) is 1. The molecule has 1 spiro atoms. The zero-order chi connectivity index (χ0) is 19.1. The summed E-state index contributed by atoms with van der Waals surface area (Å²) in [6, 6.07) is 7.84. The molecular formula is C22H29NO3S. The van der Waals surface area contributed by atoms with Crippen LogP contribution < -0.4 is 9.64 Å². The Morgan fingerprint density at radius 2 is 1.85 bits per heavy atom. The van der Waals surface area contributed by atoms with Crippen molar-refractivity contribution in [3.63, 3.8) is 0 Å². The average molecular weight is 388 g/mol. The summed E-state index contributed by atoms with van der Waals surface area (Å²) in [5.41, 5.74) is 0.0350. The number of hydrogen-bond acceptors (Lipinski definition) is 4. The van der Waals surface area contributed by atoms with Crippen molar-refractivity contribution in [2.24, 2.45) is 11.3 Å². The third-order valence-electron chi connectivity index (χ3n) is 6.48. The Labute approximate surface area is 166 Å². The monoisotopic (exact) mass is 387 g/mol. The highest BCUT2D eigenvalue weighted by atomic mass is 32.2. The number of nitrogens with zero attached hydrogens (tertiary/aromatic N) is 1. The van der Waals surface area contributed by atoms with E-state index in [9.17, 15) is 9.90 Å². The van der Waals surface area contributed by atoms with Crippen LogP contribution in [0.3, 0.4) is 0 Å². The van der Waals surface area contributed by atoms with E-state index in [1.165, 1.54) is 0 Å². The van der Waals surface area contributed by atoms with Gasteiger partial charge in [-0.15, -0.1) is 11.8 Å². The van der Waals surface area contributed by atoms with E-state index in [0.29, 0.717) is 0 Å². The Bertz CT molecular complexity index is 720. The van der Waals surface area contributed by atoms with Crippen LogP contribution in [0.1, 0.15) is 46.0 Å². The first-order chi connectivity index (χ1) is 12.9. The molecular weight excluding hydrogens is 358 g/mol. The lowest BCUT2D eigenvalue weighted by Crippen LogP contribution is -2.47. The van der Waals surface area contributed by atoms with E-state index >= 15 is 0 Å². The van der Waals surface area contributed by atoms with Gasteiger partial charge in [-0.05, 0) is 75.6 Å². The van der Waals surface area contributed by atoms with Crippen LogP contribution >= 0.6 is 11.8 Å². The van der Waals surface area contributed by atoms with Crippen molar-refractivity contribution in [2.75, 3.05) is 17.2 Å². The summed E-state index contributed by atoms with van der Waals surface area (Å²) in [4.78, 5) is 15.2. The summed E-state index contributed by atoms with van der Waals surface area (Å²) in [6.07, 6.45) is 6.21. The van der Waals surface area contributed by atoms with Crippen molar-refractivity contribution in [3.8, 4) is 5.75 Å². The van der Waals surface area contributed by atoms with Crippen LogP contribution in [-0.4, -0.2) is 35.0 Å². The Balaban J connectivity index is 1.44. The molecule has 1 amide bonds. The van der Waals surface area contributed by atoms with E-state index in [0.717, 1.165) is 55.8 Å². The molecule has 2 heterocycles. The zero-order valence-electron chi connectivity index (χ0n) is 16.2. The number of thioether (sulfide) groups is 1. The van der Waals surface area contributed by atoms with Crippen LogP contribution in [0.25, 0.3) is 0 Å². The minimum atomic E-state index is -0.630. The molecule has 4 nitrogen and oxygen atoms in total. The fraction of sp³-hybridized carbons (Fsp3) is 0.591. The van der Waals surface area contributed by atoms with Crippen molar-refractivity contribution < 1.29 is 14.6 Å². The van der Waals surface area contributed by atoms with Gasteiger partial charge < -0.3 is 14.7 Å². The second-order valence-corrected chi connectivity index (χ2v) is 9.46. The van der Waals surface area contributed by atoms with Gasteiger partial charge in [0.05, 0.1) is 17.1 Å². The van der Waals surface area contributed by atoms with Gasteiger partial charge in [0.2, 0.25) is 5.91 Å². The lowest BCUT2D eigenvalue weighted by Gasteiger charge is -2.43. The summed E-state index contributed by atoms with van der Waals surface area (Å²) < 4.78 is 5.70. The fourth-order valence-corrected chi connectivity index (χ4v) is 5.78. The number of carbonyl (C=O) groups is 1. The van der Waals surface area contributed by atoms with E-state index in [1.54, 1.807) is 11.8 Å². The van der Waals surface area contributed by atoms with E-state index in [4.69, 9.17) is 4.74 Å². The number of rotatable bonds is 4. The highest BCUT2D eigenvalue weighted by Gasteiger charge is 2.53. The van der Waals surface area contributed by atoms with Gasteiger partial charge in [0.1, 0.15) is 5.75 Å². The van der Waals surface area contributed by atoms with Gasteiger partial charge in [-0.3, -0.25) is 4.79 Å². The van der Waals surface area contributed by atoms with Crippen LogP contribution in [-0.2, 0) is 4.79 Å². The molecule has 2 aliphatic heterocycles. The normalized spacial score (nSPS) is 33.4. The van der Waals surface area contributed by atoms with E-state index in [1.807, 2.05) is 43.0 Å². The molecule has 0 bridgehead atoms. The molecule has 1 aromatic rings. The van der Waals surface area contributed by atoms with Crippen molar-refractivity contribution in [2.45, 2.75) is 57.7 Å². The first-order valence-electron chi connectivity index (χ1n) is 10.0. The number of anilines is 1. The van der Waals surface area contributed by atoms with Gasteiger partial charge in [-0.1, -0.05) is 6.08 Å². The van der Waals surface area contributed by atoms with Gasteiger partial charge >= 0.3 is 0 Å². The first-order valence-corrected chi connectivity index (χ1v) is 11.1. The molecule has 1 aromatic carbocycles. The zero-order valence-corrected chi connectivity index (χ0v) is 17.0. The molecule has 27 heavy (non-hydrogen) atoms. The Kier molecular flexibility index (Phi) is 5.02. The highest BCUT2D eigenvalue weighted by molar-refractivity contribution is 8.02. The Morgan fingerprint density at radius 3 is 2.44 bits per heavy atom. The minimum Gasteiger partial charge on any atom is -0.491 e. The summed E-state index contributed by atoms with van der Waals surface area (Å²) in [5, 5.41) is 13.2. The average Bonchev–Trinajstić information content (AvgIpc) is 3.29. The molecule has 2 fully saturated rings. The van der Waals surface area contributed by atoms with Gasteiger partial charge in [-0.25, -0.2) is 0 Å². The molecule has 0 radical (unpaired) electrons. The molecule has 1 N–H and O–H groups in total. The van der Waals surface area contributed by atoms with E-state index in [2.05, 4.69) is 11.5 Å². The van der Waals surface area contributed by atoms with Crippen LogP contribution in [0.15, 0.2) is 35.7 Å². The minimum absolute atomic E-state index is 0.140. The molecule has 0 aromatic heterocycles. The maximum absolute atomic E-state index is 13.3. The SMILES string of the molecule is CC(C)Oc1ccc(N2CC[C@]3(CC[C@@](O)(C4C=CSC4)CC3)C2=O)cc1. The van der Waals surface area contributed by atoms with E-state index in [-0.39, 0.29) is 23.3 Å². The standard InChI is InChI=1S/C22H29NO3S/c1-16(2)26-19-5-3-18(4-6-19)23-13-12-21(20(23)24)8-10-22(25,11-9-21)17-7-14-27-15-17/h3-7,14,16-17,25H,8-13,15H2,1-2H3/t17?,21-,22+. The summed E-state index contributed by atoms with van der Waals surface area (Å²) in [7, 11) is 0. The molecule has 3 aliphatic rings. The van der Waals surface area contributed by atoms with Gasteiger partial charge in [0.25, 0.3) is 0 Å². The highest BCUT2D eigenvalue weighted by Crippen LogP contribution is 2.51. The van der Waals surface area contributed by atoms with Crippen LogP contribution in [0.2, 0.25) is 0 Å². The molecule has 1 aliphatic carbocycles. The predicted octanol–water partition coefficient (Wildman–Crippen LogP) is 4.38. The summed E-state index contributed by atoms with van der Waals surface area (Å²) in [5.74, 6) is 2.27. The Hall–Kier alpha value is -1.46. The van der Waals surface area contributed by atoms with Gasteiger partial charge in [0, 0.05) is 23.9 Å². The molecule has 1 unspecified atom stereocenters. The fourth-order valence-electron chi connectivity index (χ4n) is 4.74. The van der Waals surface area contributed by atoms with Crippen molar-refractivity contribution in [1.29, 1.82) is 0 Å². The predicted molar refractivity (Wildman–Crippen MR) is 110 cm³/mol. The number of carbonyl (C=O) groups excluding carboxylic acids is 1. The van der Waals surface area contributed by atoms with Crippen LogP contribution in [0.4, 0.5) is 5.69 Å². The second-order valence-electron chi connectivity index (χ2n) is 8.52. The number of hydrogen-bond donors (Lipinski definition) is 1.